The van der Waals surface area contributed by atoms with Gasteiger partial charge in [-0.2, -0.15) is 5.10 Å². The highest BCUT2D eigenvalue weighted by Crippen LogP contribution is 2.44. The molecule has 0 saturated carbocycles. The van der Waals surface area contributed by atoms with E-state index in [1.54, 1.807) is 16.9 Å². The minimum Gasteiger partial charge on any atom is -0.369 e. The Kier molecular flexibility index (Phi) is 3.42. The minimum atomic E-state index is -0.127. The molecule has 2 aromatic rings. The molecule has 4 rings (SSSR count). The molecule has 6 heteroatoms. The van der Waals surface area contributed by atoms with Crippen molar-refractivity contribution < 1.29 is 9.53 Å². The molecule has 1 amide bonds. The Bertz CT molecular complexity index is 784. The van der Waals surface area contributed by atoms with Crippen LogP contribution in [0.3, 0.4) is 0 Å². The molecule has 0 aliphatic carbocycles. The number of carbonyl (C=O) groups excluding carboxylic acids is 1. The fourth-order valence-electron chi connectivity index (χ4n) is 4.18. The van der Waals surface area contributed by atoms with Gasteiger partial charge in [0.05, 0.1) is 17.4 Å². The van der Waals surface area contributed by atoms with E-state index < -0.39 is 0 Å². The topological polar surface area (TPSA) is 59.7 Å². The van der Waals surface area contributed by atoms with Crippen molar-refractivity contribution in [1.29, 1.82) is 0 Å². The second-order valence-corrected chi connectivity index (χ2v) is 7.86. The highest BCUT2D eigenvalue weighted by Gasteiger charge is 2.48. The van der Waals surface area contributed by atoms with E-state index in [1.165, 1.54) is 0 Å². The zero-order chi connectivity index (χ0) is 16.9. The van der Waals surface area contributed by atoms with Crippen LogP contribution in [-0.2, 0) is 4.74 Å². The summed E-state index contributed by atoms with van der Waals surface area (Å²) in [5, 5.41) is 4.23. The van der Waals surface area contributed by atoms with Crippen molar-refractivity contribution >= 4 is 11.6 Å². The Balaban J connectivity index is 1.56. The molecule has 0 bridgehead atoms. The lowest BCUT2D eigenvalue weighted by molar-refractivity contribution is -0.210. The van der Waals surface area contributed by atoms with Gasteiger partial charge >= 0.3 is 0 Å². The van der Waals surface area contributed by atoms with Gasteiger partial charge in [0, 0.05) is 31.4 Å². The molecular formula is C18H24N4O2. The van der Waals surface area contributed by atoms with Crippen LogP contribution in [0.4, 0.5) is 0 Å². The van der Waals surface area contributed by atoms with Crippen LogP contribution in [-0.4, -0.2) is 49.7 Å². The Labute approximate surface area is 141 Å². The predicted octanol–water partition coefficient (Wildman–Crippen LogP) is 2.54. The van der Waals surface area contributed by atoms with Gasteiger partial charge in [0.1, 0.15) is 5.56 Å². The summed E-state index contributed by atoms with van der Waals surface area (Å²) >= 11 is 0. The number of likely N-dealkylation sites (tertiary alicyclic amines) is 1. The van der Waals surface area contributed by atoms with E-state index in [1.807, 2.05) is 17.2 Å². The molecule has 128 valence electrons. The van der Waals surface area contributed by atoms with Crippen LogP contribution < -0.4 is 0 Å². The van der Waals surface area contributed by atoms with E-state index in [-0.39, 0.29) is 17.1 Å². The SMILES string of the molecule is CC1(C)CC[C@H]2CN(C(=O)c3cnn4cccnc34)CC[C@@]2(C)O1. The first-order valence-corrected chi connectivity index (χ1v) is 8.66. The van der Waals surface area contributed by atoms with Crippen molar-refractivity contribution in [1.82, 2.24) is 19.5 Å². The van der Waals surface area contributed by atoms with Crippen LogP contribution >= 0.6 is 0 Å². The Morgan fingerprint density at radius 2 is 2.17 bits per heavy atom. The van der Waals surface area contributed by atoms with Crippen LogP contribution in [0.1, 0.15) is 50.4 Å². The van der Waals surface area contributed by atoms with E-state index in [9.17, 15) is 4.79 Å². The number of hydrogen-bond acceptors (Lipinski definition) is 4. The number of amides is 1. The molecule has 24 heavy (non-hydrogen) atoms. The fourth-order valence-corrected chi connectivity index (χ4v) is 4.18. The molecule has 0 spiro atoms. The summed E-state index contributed by atoms with van der Waals surface area (Å²) in [5.41, 5.74) is 1.01. The molecule has 0 unspecified atom stereocenters. The average molecular weight is 328 g/mol. The summed E-state index contributed by atoms with van der Waals surface area (Å²) in [4.78, 5) is 19.2. The molecular weight excluding hydrogens is 304 g/mol. The maximum atomic E-state index is 13.0. The third kappa shape index (κ3) is 2.49. The van der Waals surface area contributed by atoms with Crippen molar-refractivity contribution in [3.05, 3.63) is 30.2 Å². The van der Waals surface area contributed by atoms with Crippen LogP contribution in [0.25, 0.3) is 5.65 Å². The highest BCUT2D eigenvalue weighted by atomic mass is 16.5. The lowest BCUT2D eigenvalue weighted by Gasteiger charge is -2.53. The van der Waals surface area contributed by atoms with Gasteiger partial charge in [-0.25, -0.2) is 9.50 Å². The van der Waals surface area contributed by atoms with E-state index >= 15 is 0 Å². The number of ether oxygens (including phenoxy) is 1. The van der Waals surface area contributed by atoms with Crippen molar-refractivity contribution in [2.45, 2.75) is 51.2 Å². The summed E-state index contributed by atoms with van der Waals surface area (Å²) in [6.45, 7) is 7.99. The molecule has 2 fully saturated rings. The molecule has 4 heterocycles. The fraction of sp³-hybridized carbons (Fsp3) is 0.611. The quantitative estimate of drug-likeness (QED) is 0.807. The molecule has 2 atom stereocenters. The van der Waals surface area contributed by atoms with E-state index in [0.29, 0.717) is 23.7 Å². The second-order valence-electron chi connectivity index (χ2n) is 7.86. The average Bonchev–Trinajstić information content (AvgIpc) is 2.96. The lowest BCUT2D eigenvalue weighted by Crippen LogP contribution is -2.58. The van der Waals surface area contributed by atoms with Crippen molar-refractivity contribution in [3.63, 3.8) is 0 Å². The van der Waals surface area contributed by atoms with Crippen LogP contribution in [0.2, 0.25) is 0 Å². The second kappa shape index (κ2) is 5.28. The first-order valence-electron chi connectivity index (χ1n) is 8.66. The van der Waals surface area contributed by atoms with Gasteiger partial charge in [-0.3, -0.25) is 4.79 Å². The molecule has 2 aliphatic rings. The monoisotopic (exact) mass is 328 g/mol. The van der Waals surface area contributed by atoms with Crippen LogP contribution in [0, 0.1) is 5.92 Å². The predicted molar refractivity (Wildman–Crippen MR) is 89.8 cm³/mol. The normalized spacial score (nSPS) is 29.5. The number of hydrogen-bond donors (Lipinski definition) is 0. The van der Waals surface area contributed by atoms with Crippen molar-refractivity contribution in [2.75, 3.05) is 13.1 Å². The van der Waals surface area contributed by atoms with Gasteiger partial charge in [-0.1, -0.05) is 0 Å². The lowest BCUT2D eigenvalue weighted by atomic mass is 9.74. The van der Waals surface area contributed by atoms with Gasteiger partial charge in [0.2, 0.25) is 0 Å². The van der Waals surface area contributed by atoms with Gasteiger partial charge in [0.15, 0.2) is 5.65 Å². The summed E-state index contributed by atoms with van der Waals surface area (Å²) in [6.07, 6.45) is 8.13. The van der Waals surface area contributed by atoms with E-state index in [0.717, 1.165) is 25.8 Å². The molecule has 0 radical (unpaired) electrons. The first-order chi connectivity index (χ1) is 11.4. The smallest absolute Gasteiger partial charge is 0.259 e. The summed E-state index contributed by atoms with van der Waals surface area (Å²) in [5.74, 6) is 0.411. The maximum Gasteiger partial charge on any atom is 0.259 e. The Morgan fingerprint density at radius 1 is 1.33 bits per heavy atom. The number of rotatable bonds is 1. The van der Waals surface area contributed by atoms with E-state index in [2.05, 4.69) is 30.9 Å². The first kappa shape index (κ1) is 15.6. The number of piperidine rings is 1. The number of fused-ring (bicyclic) bond motifs is 2. The standard InChI is InChI=1S/C18H24N4O2/c1-17(2)6-5-13-12-21(10-7-18(13,3)24-17)16(23)14-11-20-22-9-4-8-19-15(14)22/h4,8-9,11,13H,5-7,10,12H2,1-3H3/t13-,18+/m0/s1. The summed E-state index contributed by atoms with van der Waals surface area (Å²) < 4.78 is 8.03. The summed E-state index contributed by atoms with van der Waals surface area (Å²) in [6, 6.07) is 1.81. The molecule has 0 N–H and O–H groups in total. The highest BCUT2D eigenvalue weighted by molar-refractivity contribution is 5.99. The van der Waals surface area contributed by atoms with Gasteiger partial charge in [-0.15, -0.1) is 0 Å². The molecule has 2 saturated heterocycles. The largest absolute Gasteiger partial charge is 0.369 e. The third-order valence-corrected chi connectivity index (χ3v) is 5.58. The van der Waals surface area contributed by atoms with E-state index in [4.69, 9.17) is 4.74 Å². The zero-order valence-corrected chi connectivity index (χ0v) is 14.5. The van der Waals surface area contributed by atoms with Crippen molar-refractivity contribution in [3.8, 4) is 0 Å². The molecule has 2 aliphatic heterocycles. The van der Waals surface area contributed by atoms with Gasteiger partial charge < -0.3 is 9.64 Å². The third-order valence-electron chi connectivity index (χ3n) is 5.58. The van der Waals surface area contributed by atoms with Crippen LogP contribution in [0.5, 0.6) is 0 Å². The molecule has 0 aromatic carbocycles. The number of aromatic nitrogens is 3. The minimum absolute atomic E-state index is 0.0237. The van der Waals surface area contributed by atoms with Gasteiger partial charge in [0.25, 0.3) is 5.91 Å². The Morgan fingerprint density at radius 3 is 3.00 bits per heavy atom. The number of nitrogens with zero attached hydrogens (tertiary/aromatic N) is 4. The van der Waals surface area contributed by atoms with Crippen LogP contribution in [0.15, 0.2) is 24.7 Å². The Hall–Kier alpha value is -1.95. The van der Waals surface area contributed by atoms with Gasteiger partial charge in [-0.05, 0) is 46.1 Å². The van der Waals surface area contributed by atoms with Crippen molar-refractivity contribution in [2.24, 2.45) is 5.92 Å². The molecule has 2 aromatic heterocycles. The number of carbonyl (C=O) groups is 1. The summed E-state index contributed by atoms with van der Waals surface area (Å²) in [7, 11) is 0. The maximum absolute atomic E-state index is 13.0. The zero-order valence-electron chi connectivity index (χ0n) is 14.5. The molecule has 6 nitrogen and oxygen atoms in total.